The molecule has 6 nitrogen and oxygen atoms in total. The number of carbonyl (C=O) groups excluding carboxylic acids is 1. The maximum Gasteiger partial charge on any atom is 0.230 e. The Morgan fingerprint density at radius 1 is 1.22 bits per heavy atom. The van der Waals surface area contributed by atoms with Crippen molar-refractivity contribution in [2.45, 2.75) is 50.7 Å². The monoisotopic (exact) mass is 398 g/mol. The highest BCUT2D eigenvalue weighted by Crippen LogP contribution is 2.43. The van der Waals surface area contributed by atoms with Gasteiger partial charge in [0.15, 0.2) is 0 Å². The number of benzene rings is 1. The van der Waals surface area contributed by atoms with Gasteiger partial charge in [0.25, 0.3) is 0 Å². The lowest BCUT2D eigenvalue weighted by atomic mass is 9.64. The summed E-state index contributed by atoms with van der Waals surface area (Å²) in [5.74, 6) is -0.662. The molecule has 1 aliphatic heterocycles. The van der Waals surface area contributed by atoms with Crippen molar-refractivity contribution in [1.82, 2.24) is 9.62 Å². The van der Waals surface area contributed by atoms with Crippen LogP contribution in [0.15, 0.2) is 24.3 Å². The molecule has 2 atom stereocenters. The zero-order chi connectivity index (χ0) is 19.7. The lowest BCUT2D eigenvalue weighted by molar-refractivity contribution is -0.129. The summed E-state index contributed by atoms with van der Waals surface area (Å²) in [6, 6.07) is 5.99. The Kier molecular flexibility index (Phi) is 5.88. The third-order valence-corrected chi connectivity index (χ3v) is 7.27. The topological polar surface area (TPSA) is 75.7 Å². The molecule has 0 spiro atoms. The fraction of sp³-hybridized carbons (Fsp3) is 0.632. The Morgan fingerprint density at radius 2 is 1.81 bits per heavy atom. The van der Waals surface area contributed by atoms with Crippen LogP contribution in [0.25, 0.3) is 0 Å². The molecular formula is C19H27FN2O4S. The van der Waals surface area contributed by atoms with Gasteiger partial charge in [0.2, 0.25) is 15.9 Å². The summed E-state index contributed by atoms with van der Waals surface area (Å²) in [5.41, 5.74) is 0.116. The molecule has 1 amide bonds. The van der Waals surface area contributed by atoms with Gasteiger partial charge in [0.05, 0.1) is 23.4 Å². The van der Waals surface area contributed by atoms with Crippen LogP contribution in [-0.4, -0.2) is 56.2 Å². The smallest absolute Gasteiger partial charge is 0.230 e. The molecule has 3 rings (SSSR count). The van der Waals surface area contributed by atoms with Crippen LogP contribution >= 0.6 is 0 Å². The molecule has 2 unspecified atom stereocenters. The van der Waals surface area contributed by atoms with Crippen LogP contribution in [0.2, 0.25) is 0 Å². The number of hydrogen-bond acceptors (Lipinski definition) is 4. The van der Waals surface area contributed by atoms with E-state index in [9.17, 15) is 17.6 Å². The van der Waals surface area contributed by atoms with Gasteiger partial charge in [0.1, 0.15) is 5.82 Å². The van der Waals surface area contributed by atoms with Gasteiger partial charge in [-0.1, -0.05) is 18.6 Å². The quantitative estimate of drug-likeness (QED) is 0.793. The highest BCUT2D eigenvalue weighted by Gasteiger charge is 2.45. The molecule has 1 saturated heterocycles. The van der Waals surface area contributed by atoms with Gasteiger partial charge in [0, 0.05) is 19.6 Å². The molecule has 0 aromatic heterocycles. The lowest BCUT2D eigenvalue weighted by Crippen LogP contribution is -2.52. The molecule has 1 aromatic rings. The van der Waals surface area contributed by atoms with Crippen molar-refractivity contribution in [3.63, 3.8) is 0 Å². The standard InChI is InChI=1S/C19H27FN2O4S/c1-14-12-22(13-15(2)26-14)27(24,25)11-10-21-18(23)19(8-3-9-19)16-4-6-17(20)7-5-16/h4-7,14-15H,3,8-13H2,1-2H3,(H,21,23). The molecule has 1 N–H and O–H groups in total. The zero-order valence-electron chi connectivity index (χ0n) is 15.8. The van der Waals surface area contributed by atoms with Gasteiger partial charge in [-0.15, -0.1) is 0 Å². The summed E-state index contributed by atoms with van der Waals surface area (Å²) >= 11 is 0. The molecular weight excluding hydrogens is 371 g/mol. The van der Waals surface area contributed by atoms with Crippen LogP contribution in [0.4, 0.5) is 4.39 Å². The first kappa shape index (κ1) is 20.2. The van der Waals surface area contributed by atoms with Crippen LogP contribution in [0.3, 0.4) is 0 Å². The minimum Gasteiger partial charge on any atom is -0.373 e. The van der Waals surface area contributed by atoms with Crippen molar-refractivity contribution < 1.29 is 22.3 Å². The molecule has 27 heavy (non-hydrogen) atoms. The first-order valence-electron chi connectivity index (χ1n) is 9.40. The van der Waals surface area contributed by atoms with E-state index in [0.717, 1.165) is 12.0 Å². The molecule has 1 aliphatic carbocycles. The number of ether oxygens (including phenoxy) is 1. The number of amides is 1. The van der Waals surface area contributed by atoms with Gasteiger partial charge < -0.3 is 10.1 Å². The Morgan fingerprint density at radius 3 is 2.33 bits per heavy atom. The van der Waals surface area contributed by atoms with Gasteiger partial charge in [-0.25, -0.2) is 12.8 Å². The number of hydrogen-bond donors (Lipinski definition) is 1. The van der Waals surface area contributed by atoms with E-state index >= 15 is 0 Å². The summed E-state index contributed by atoms with van der Waals surface area (Å²) in [6.07, 6.45) is 2.02. The van der Waals surface area contributed by atoms with E-state index in [1.54, 1.807) is 12.1 Å². The van der Waals surface area contributed by atoms with Crippen LogP contribution in [0.5, 0.6) is 0 Å². The van der Waals surface area contributed by atoms with E-state index in [0.29, 0.717) is 25.9 Å². The summed E-state index contributed by atoms with van der Waals surface area (Å²) < 4.78 is 45.4. The molecule has 150 valence electrons. The third-order valence-electron chi connectivity index (χ3n) is 5.46. The maximum atomic E-state index is 13.2. The molecule has 8 heteroatoms. The largest absolute Gasteiger partial charge is 0.373 e. The Bertz CT molecular complexity index is 767. The van der Waals surface area contributed by atoms with Gasteiger partial charge in [-0.05, 0) is 44.4 Å². The number of nitrogens with zero attached hydrogens (tertiary/aromatic N) is 1. The van der Waals surface area contributed by atoms with E-state index in [4.69, 9.17) is 4.74 Å². The normalized spacial score (nSPS) is 25.6. The van der Waals surface area contributed by atoms with Crippen LogP contribution in [-0.2, 0) is 25.0 Å². The summed E-state index contributed by atoms with van der Waals surface area (Å²) in [4.78, 5) is 12.8. The van der Waals surface area contributed by atoms with Crippen LogP contribution in [0, 0.1) is 5.82 Å². The van der Waals surface area contributed by atoms with Crippen molar-refractivity contribution >= 4 is 15.9 Å². The number of halogens is 1. The van der Waals surface area contributed by atoms with Gasteiger partial charge in [-0.3, -0.25) is 4.79 Å². The molecule has 0 bridgehead atoms. The highest BCUT2D eigenvalue weighted by atomic mass is 32.2. The summed E-state index contributed by atoms with van der Waals surface area (Å²) in [5, 5.41) is 2.79. The van der Waals surface area contributed by atoms with Crippen molar-refractivity contribution in [1.29, 1.82) is 0 Å². The van der Waals surface area contributed by atoms with Crippen LogP contribution in [0.1, 0.15) is 38.7 Å². The van der Waals surface area contributed by atoms with Crippen molar-refractivity contribution in [3.8, 4) is 0 Å². The van der Waals surface area contributed by atoms with E-state index in [2.05, 4.69) is 5.32 Å². The van der Waals surface area contributed by atoms with E-state index in [1.165, 1.54) is 16.4 Å². The predicted molar refractivity (Wildman–Crippen MR) is 100 cm³/mol. The number of nitrogens with one attached hydrogen (secondary N) is 1. The highest BCUT2D eigenvalue weighted by molar-refractivity contribution is 7.89. The molecule has 0 radical (unpaired) electrons. The average Bonchev–Trinajstić information content (AvgIpc) is 2.54. The second-order valence-electron chi connectivity index (χ2n) is 7.59. The first-order chi connectivity index (χ1) is 12.7. The molecule has 1 heterocycles. The Balaban J connectivity index is 1.59. The average molecular weight is 399 g/mol. The fourth-order valence-electron chi connectivity index (χ4n) is 3.90. The van der Waals surface area contributed by atoms with E-state index in [1.807, 2.05) is 13.8 Å². The second-order valence-corrected chi connectivity index (χ2v) is 9.68. The third kappa shape index (κ3) is 4.33. The predicted octanol–water partition coefficient (Wildman–Crippen LogP) is 1.80. The van der Waals surface area contributed by atoms with Crippen molar-refractivity contribution in [2.75, 3.05) is 25.4 Å². The SMILES string of the molecule is CC1CN(S(=O)(=O)CCNC(=O)C2(c3ccc(F)cc3)CCC2)CC(C)O1. The Hall–Kier alpha value is -1.51. The van der Waals surface area contributed by atoms with E-state index in [-0.39, 0.29) is 36.2 Å². The Labute approximate surface area is 160 Å². The van der Waals surface area contributed by atoms with Crippen LogP contribution < -0.4 is 5.32 Å². The number of morpholine rings is 1. The van der Waals surface area contributed by atoms with E-state index < -0.39 is 15.4 Å². The summed E-state index contributed by atoms with van der Waals surface area (Å²) in [6.45, 7) is 4.43. The van der Waals surface area contributed by atoms with Gasteiger partial charge in [-0.2, -0.15) is 4.31 Å². The minimum absolute atomic E-state index is 0.0598. The minimum atomic E-state index is -3.46. The lowest BCUT2D eigenvalue weighted by Gasteiger charge is -2.40. The second kappa shape index (κ2) is 7.85. The zero-order valence-corrected chi connectivity index (χ0v) is 16.6. The fourth-order valence-corrected chi connectivity index (χ4v) is 5.39. The van der Waals surface area contributed by atoms with Gasteiger partial charge >= 0.3 is 0 Å². The number of rotatable bonds is 6. The molecule has 1 aromatic carbocycles. The molecule has 2 aliphatic rings. The first-order valence-corrected chi connectivity index (χ1v) is 11.0. The number of carbonyl (C=O) groups is 1. The number of sulfonamides is 1. The maximum absolute atomic E-state index is 13.2. The summed E-state index contributed by atoms with van der Waals surface area (Å²) in [7, 11) is -3.46. The molecule has 1 saturated carbocycles. The molecule has 2 fully saturated rings. The van der Waals surface area contributed by atoms with Crippen molar-refractivity contribution in [2.24, 2.45) is 0 Å². The van der Waals surface area contributed by atoms with Crippen molar-refractivity contribution in [3.05, 3.63) is 35.6 Å².